The number of anilines is 6. The molecule has 8 bridgehead atoms. The lowest BCUT2D eigenvalue weighted by atomic mass is 9.67. The van der Waals surface area contributed by atoms with Gasteiger partial charge in [-0.3, -0.25) is 0 Å². The zero-order valence-corrected chi connectivity index (χ0v) is 30.2. The number of para-hydroxylation sites is 2. The number of nitrogens with zero attached hydrogens (tertiary/aromatic N) is 2. The van der Waals surface area contributed by atoms with Crippen LogP contribution in [0.2, 0.25) is 5.02 Å². The molecule has 4 unspecified atom stereocenters. The Morgan fingerprint density at radius 1 is 0.353 bits per heavy atom. The summed E-state index contributed by atoms with van der Waals surface area (Å²) in [5.74, 6) is 6.44. The zero-order chi connectivity index (χ0) is 33.6. The number of halogens is 1. The van der Waals surface area contributed by atoms with Crippen LogP contribution in [0, 0.1) is 23.7 Å². The molecule has 4 atom stereocenters. The van der Waals surface area contributed by atoms with E-state index in [9.17, 15) is 0 Å². The first-order valence-corrected chi connectivity index (χ1v) is 20.3. The van der Waals surface area contributed by atoms with Crippen LogP contribution in [0.1, 0.15) is 110 Å². The first kappa shape index (κ1) is 30.6. The van der Waals surface area contributed by atoms with E-state index in [0.29, 0.717) is 11.8 Å². The van der Waals surface area contributed by atoms with E-state index in [-0.39, 0.29) is 0 Å². The first-order chi connectivity index (χ1) is 25.1. The molecular weight excluding hydrogens is 640 g/mol. The Hall–Kier alpha value is -4.01. The zero-order valence-electron chi connectivity index (χ0n) is 29.4. The Labute approximate surface area is 308 Å². The third-order valence-corrected chi connectivity index (χ3v) is 14.5. The van der Waals surface area contributed by atoms with Gasteiger partial charge in [-0.2, -0.15) is 0 Å². The van der Waals surface area contributed by atoms with Crippen LogP contribution in [0.15, 0.2) is 115 Å². The Bertz CT molecular complexity index is 1930. The monoisotopic (exact) mass is 686 g/mol. The average molecular weight is 687 g/mol. The van der Waals surface area contributed by atoms with Crippen molar-refractivity contribution < 1.29 is 0 Å². The summed E-state index contributed by atoms with van der Waals surface area (Å²) in [5.41, 5.74) is 13.2. The van der Waals surface area contributed by atoms with Crippen molar-refractivity contribution in [3.8, 4) is 0 Å². The van der Waals surface area contributed by atoms with Gasteiger partial charge in [0, 0.05) is 22.7 Å². The third-order valence-electron chi connectivity index (χ3n) is 14.2. The molecule has 256 valence electrons. The SMILES string of the molecule is Clc1c(N(c2ccccc2)c2ccc3c(c2)C2CC4CC(CC3C4)C2)cccc1N(c1ccccc1)c1ccc2c(c1)C1CC3CC(CC2C3)C1. The molecule has 4 saturated carbocycles. The summed E-state index contributed by atoms with van der Waals surface area (Å²) in [6, 6.07) is 43.2. The number of benzene rings is 5. The highest BCUT2D eigenvalue weighted by molar-refractivity contribution is 6.36. The molecule has 0 aliphatic heterocycles. The fourth-order valence-electron chi connectivity index (χ4n) is 12.4. The molecule has 13 rings (SSSR count). The van der Waals surface area contributed by atoms with Gasteiger partial charge in [0.15, 0.2) is 0 Å². The van der Waals surface area contributed by atoms with Crippen LogP contribution >= 0.6 is 11.6 Å². The van der Waals surface area contributed by atoms with Crippen molar-refractivity contribution in [1.82, 2.24) is 0 Å². The second-order valence-corrected chi connectivity index (χ2v) is 17.6. The Kier molecular flexibility index (Phi) is 7.21. The smallest absolute Gasteiger partial charge is 0.0887 e. The van der Waals surface area contributed by atoms with E-state index in [1.54, 1.807) is 22.3 Å². The van der Waals surface area contributed by atoms with Crippen LogP contribution in [0.3, 0.4) is 0 Å². The number of rotatable bonds is 6. The minimum atomic E-state index is 0.683. The molecule has 0 heterocycles. The summed E-state index contributed by atoms with van der Waals surface area (Å²) in [7, 11) is 0. The van der Waals surface area contributed by atoms with Crippen molar-refractivity contribution in [2.45, 2.75) is 87.9 Å². The van der Waals surface area contributed by atoms with Crippen molar-refractivity contribution in [3.63, 3.8) is 0 Å². The van der Waals surface area contributed by atoms with Gasteiger partial charge in [0.1, 0.15) is 0 Å². The molecule has 8 aliphatic carbocycles. The van der Waals surface area contributed by atoms with Gasteiger partial charge < -0.3 is 9.80 Å². The maximum absolute atomic E-state index is 7.78. The van der Waals surface area contributed by atoms with E-state index in [2.05, 4.69) is 125 Å². The van der Waals surface area contributed by atoms with E-state index < -0.39 is 0 Å². The summed E-state index contributed by atoms with van der Waals surface area (Å²) in [6.07, 6.45) is 13.9. The summed E-state index contributed by atoms with van der Waals surface area (Å²) in [5, 5.41) is 0.773. The summed E-state index contributed by atoms with van der Waals surface area (Å²) < 4.78 is 0. The number of hydrogen-bond acceptors (Lipinski definition) is 2. The van der Waals surface area contributed by atoms with E-state index in [1.165, 1.54) is 75.6 Å². The third kappa shape index (κ3) is 5.11. The second-order valence-electron chi connectivity index (χ2n) is 17.2. The second kappa shape index (κ2) is 12.0. The van der Waals surface area contributed by atoms with Crippen LogP contribution in [-0.4, -0.2) is 0 Å². The lowest BCUT2D eigenvalue weighted by Gasteiger charge is -2.38. The van der Waals surface area contributed by atoms with Gasteiger partial charge in [0.2, 0.25) is 0 Å². The molecule has 0 saturated heterocycles. The molecule has 2 nitrogen and oxygen atoms in total. The summed E-state index contributed by atoms with van der Waals surface area (Å²) >= 11 is 7.78. The first-order valence-electron chi connectivity index (χ1n) is 19.9. The Balaban J connectivity index is 1.05. The fourth-order valence-corrected chi connectivity index (χ4v) is 12.7. The van der Waals surface area contributed by atoms with Crippen molar-refractivity contribution in [2.24, 2.45) is 23.7 Å². The fraction of sp³-hybridized carbons (Fsp3) is 0.375. The predicted octanol–water partition coefficient (Wildman–Crippen LogP) is 14.1. The Morgan fingerprint density at radius 2 is 0.725 bits per heavy atom. The molecule has 5 aromatic carbocycles. The largest absolute Gasteiger partial charge is 0.309 e. The van der Waals surface area contributed by atoms with Gasteiger partial charge >= 0.3 is 0 Å². The van der Waals surface area contributed by atoms with E-state index in [1.807, 2.05) is 0 Å². The van der Waals surface area contributed by atoms with Crippen molar-refractivity contribution in [1.29, 1.82) is 0 Å². The molecule has 51 heavy (non-hydrogen) atoms. The summed E-state index contributed by atoms with van der Waals surface area (Å²) in [6.45, 7) is 0. The maximum atomic E-state index is 7.78. The lowest BCUT2D eigenvalue weighted by Crippen LogP contribution is -2.25. The molecule has 0 amide bonds. The molecule has 8 aliphatic rings. The highest BCUT2D eigenvalue weighted by atomic mass is 35.5. The molecule has 0 N–H and O–H groups in total. The predicted molar refractivity (Wildman–Crippen MR) is 212 cm³/mol. The van der Waals surface area contributed by atoms with E-state index in [4.69, 9.17) is 11.6 Å². The minimum Gasteiger partial charge on any atom is -0.309 e. The van der Waals surface area contributed by atoms with Gasteiger partial charge in [0.25, 0.3) is 0 Å². The molecule has 4 fully saturated rings. The van der Waals surface area contributed by atoms with Gasteiger partial charge in [-0.05, 0) is 194 Å². The maximum Gasteiger partial charge on any atom is 0.0887 e. The van der Waals surface area contributed by atoms with Gasteiger partial charge in [-0.25, -0.2) is 0 Å². The molecule has 0 spiro atoms. The van der Waals surface area contributed by atoms with Crippen molar-refractivity contribution in [2.75, 3.05) is 9.80 Å². The summed E-state index contributed by atoms with van der Waals surface area (Å²) in [4.78, 5) is 4.83. The van der Waals surface area contributed by atoms with Crippen molar-refractivity contribution in [3.05, 3.63) is 143 Å². The lowest BCUT2D eigenvalue weighted by molar-refractivity contribution is 0.165. The highest BCUT2D eigenvalue weighted by Crippen LogP contribution is 2.59. The molecular formula is C48H47ClN2. The van der Waals surface area contributed by atoms with Crippen molar-refractivity contribution >= 4 is 45.7 Å². The number of hydrogen-bond donors (Lipinski definition) is 0. The molecule has 0 aromatic heterocycles. The molecule has 0 radical (unpaired) electrons. The van der Waals surface area contributed by atoms with Gasteiger partial charge in [-0.15, -0.1) is 0 Å². The normalized spacial score (nSPS) is 29.3. The quantitative estimate of drug-likeness (QED) is 0.175. The van der Waals surface area contributed by atoms with Crippen LogP contribution in [0.4, 0.5) is 34.1 Å². The molecule has 3 heteroatoms. The minimum absolute atomic E-state index is 0.683. The van der Waals surface area contributed by atoms with Crippen LogP contribution in [0.5, 0.6) is 0 Å². The van der Waals surface area contributed by atoms with Gasteiger partial charge in [-0.1, -0.05) is 66.2 Å². The topological polar surface area (TPSA) is 6.48 Å². The standard InChI is InChI=1S/C48H47ClN2/c49-48-46(50(38-8-3-1-4-9-38)40-14-16-42-34-20-30-18-31(21-34)25-36(24-30)44(42)28-40)12-7-13-47(48)51(39-10-5-2-6-11-39)41-15-17-43-35-22-32-19-33(23-35)27-37(26-32)45(43)29-41/h1-17,28-37H,18-27H2. The van der Waals surface area contributed by atoms with Gasteiger partial charge in [0.05, 0.1) is 16.4 Å². The van der Waals surface area contributed by atoms with Crippen LogP contribution < -0.4 is 9.80 Å². The Morgan fingerprint density at radius 3 is 1.12 bits per heavy atom. The van der Waals surface area contributed by atoms with Crippen LogP contribution in [0.25, 0.3) is 0 Å². The highest BCUT2D eigenvalue weighted by Gasteiger charge is 2.43. The average Bonchev–Trinajstić information content (AvgIpc) is 3.43. The van der Waals surface area contributed by atoms with E-state index >= 15 is 0 Å². The van der Waals surface area contributed by atoms with Crippen LogP contribution in [-0.2, 0) is 0 Å². The molecule has 5 aromatic rings. The van der Waals surface area contributed by atoms with E-state index in [0.717, 1.165) is 63.3 Å².